The van der Waals surface area contributed by atoms with Gasteiger partial charge >= 0.3 is 0 Å². The second kappa shape index (κ2) is 14.0. The zero-order chi connectivity index (χ0) is 30.2. The van der Waals surface area contributed by atoms with E-state index in [2.05, 4.69) is 5.32 Å². The Kier molecular flexibility index (Phi) is 11.0. The van der Waals surface area contributed by atoms with Crippen LogP contribution >= 0.6 is 11.6 Å². The van der Waals surface area contributed by atoms with Gasteiger partial charge in [-0.2, -0.15) is 0 Å². The van der Waals surface area contributed by atoms with Crippen LogP contribution in [-0.2, 0) is 32.6 Å². The lowest BCUT2D eigenvalue weighted by atomic mass is 10.00. The van der Waals surface area contributed by atoms with Gasteiger partial charge in [-0.05, 0) is 69.0 Å². The number of aryl methyl sites for hydroxylation is 1. The molecule has 220 valence electrons. The van der Waals surface area contributed by atoms with Crippen LogP contribution < -0.4 is 9.62 Å². The summed E-state index contributed by atoms with van der Waals surface area (Å²) in [5.41, 5.74) is 2.63. The van der Waals surface area contributed by atoms with Crippen molar-refractivity contribution in [3.63, 3.8) is 0 Å². The maximum atomic E-state index is 13.9. The van der Waals surface area contributed by atoms with Gasteiger partial charge in [-0.3, -0.25) is 13.9 Å². The Labute approximate surface area is 249 Å². The Bertz CT molecular complexity index is 1440. The first kappa shape index (κ1) is 32.2. The molecule has 0 heterocycles. The summed E-state index contributed by atoms with van der Waals surface area (Å²) in [5.74, 6) is -0.521. The lowest BCUT2D eigenvalue weighted by molar-refractivity contribution is -0.142. The molecule has 0 saturated carbocycles. The minimum absolute atomic E-state index is 0.0520. The number of halogens is 1. The van der Waals surface area contributed by atoms with Crippen LogP contribution in [0.3, 0.4) is 0 Å². The number of anilines is 1. The quantitative estimate of drug-likeness (QED) is 0.288. The third-order valence-electron chi connectivity index (χ3n) is 6.51. The highest BCUT2D eigenvalue weighted by molar-refractivity contribution is 7.92. The third kappa shape index (κ3) is 9.90. The molecule has 0 saturated heterocycles. The zero-order valence-electron chi connectivity index (χ0n) is 24.4. The zero-order valence-corrected chi connectivity index (χ0v) is 26.0. The van der Waals surface area contributed by atoms with Crippen LogP contribution in [0.5, 0.6) is 0 Å². The van der Waals surface area contributed by atoms with Crippen molar-refractivity contribution in [1.29, 1.82) is 0 Å². The molecular formula is C32H40ClN3O4S. The number of carbonyl (C=O) groups is 2. The topological polar surface area (TPSA) is 86.8 Å². The summed E-state index contributed by atoms with van der Waals surface area (Å²) in [6.45, 7) is 7.86. The molecule has 3 rings (SSSR count). The molecular weight excluding hydrogens is 558 g/mol. The van der Waals surface area contributed by atoms with Crippen molar-refractivity contribution in [2.75, 3.05) is 17.1 Å². The molecule has 0 aliphatic rings. The van der Waals surface area contributed by atoms with E-state index in [-0.39, 0.29) is 37.7 Å². The molecule has 0 radical (unpaired) electrons. The molecule has 7 nitrogen and oxygen atoms in total. The van der Waals surface area contributed by atoms with Crippen molar-refractivity contribution in [2.45, 2.75) is 65.1 Å². The van der Waals surface area contributed by atoms with Gasteiger partial charge in [-0.15, -0.1) is 0 Å². The van der Waals surface area contributed by atoms with Gasteiger partial charge in [0.1, 0.15) is 6.04 Å². The fourth-order valence-electron chi connectivity index (χ4n) is 4.60. The van der Waals surface area contributed by atoms with E-state index in [0.717, 1.165) is 22.9 Å². The maximum Gasteiger partial charge on any atom is 0.243 e. The van der Waals surface area contributed by atoms with Crippen LogP contribution in [0, 0.1) is 6.92 Å². The number of hydrogen-bond donors (Lipinski definition) is 1. The van der Waals surface area contributed by atoms with Gasteiger partial charge in [-0.1, -0.05) is 72.3 Å². The average molecular weight is 598 g/mol. The Morgan fingerprint density at radius 2 is 1.61 bits per heavy atom. The number of hydrogen-bond acceptors (Lipinski definition) is 4. The van der Waals surface area contributed by atoms with E-state index in [9.17, 15) is 18.0 Å². The van der Waals surface area contributed by atoms with Crippen molar-refractivity contribution < 1.29 is 18.0 Å². The van der Waals surface area contributed by atoms with Crippen LogP contribution in [0.1, 0.15) is 50.3 Å². The van der Waals surface area contributed by atoms with Crippen molar-refractivity contribution in [3.8, 4) is 0 Å². The van der Waals surface area contributed by atoms with E-state index < -0.39 is 21.6 Å². The minimum Gasteiger partial charge on any atom is -0.350 e. The van der Waals surface area contributed by atoms with Crippen LogP contribution in [0.4, 0.5) is 5.69 Å². The smallest absolute Gasteiger partial charge is 0.243 e. The van der Waals surface area contributed by atoms with Gasteiger partial charge in [0, 0.05) is 36.5 Å². The van der Waals surface area contributed by atoms with E-state index in [1.165, 1.54) is 4.31 Å². The predicted molar refractivity (Wildman–Crippen MR) is 166 cm³/mol. The molecule has 41 heavy (non-hydrogen) atoms. The SMILES string of the molecule is Cc1cccc(N(CCCC(=O)N(Cc2ccccc2Cl)[C@H](Cc2ccccc2)C(=O)NC(C)(C)C)S(C)(=O)=O)c1. The van der Waals surface area contributed by atoms with Crippen molar-refractivity contribution in [1.82, 2.24) is 10.2 Å². The summed E-state index contributed by atoms with van der Waals surface area (Å²) in [6.07, 6.45) is 1.81. The molecule has 1 atom stereocenters. The van der Waals surface area contributed by atoms with Crippen LogP contribution in [0.25, 0.3) is 0 Å². The average Bonchev–Trinajstić information content (AvgIpc) is 2.88. The van der Waals surface area contributed by atoms with Gasteiger partial charge in [0.15, 0.2) is 0 Å². The molecule has 3 aromatic rings. The van der Waals surface area contributed by atoms with E-state index in [4.69, 9.17) is 11.6 Å². The Hall–Kier alpha value is -3.36. The number of nitrogens with one attached hydrogen (secondary N) is 1. The molecule has 1 N–H and O–H groups in total. The fraction of sp³-hybridized carbons (Fsp3) is 0.375. The lowest BCUT2D eigenvalue weighted by Crippen LogP contribution is -2.54. The van der Waals surface area contributed by atoms with Crippen LogP contribution in [-0.4, -0.2) is 49.5 Å². The van der Waals surface area contributed by atoms with Gasteiger partial charge in [0.25, 0.3) is 0 Å². The molecule has 0 aromatic heterocycles. The summed E-state index contributed by atoms with van der Waals surface area (Å²) >= 11 is 6.49. The molecule has 0 unspecified atom stereocenters. The Morgan fingerprint density at radius 1 is 0.951 bits per heavy atom. The normalized spacial score (nSPS) is 12.4. The number of nitrogens with zero attached hydrogens (tertiary/aromatic N) is 2. The first-order chi connectivity index (χ1) is 19.2. The highest BCUT2D eigenvalue weighted by atomic mass is 35.5. The van der Waals surface area contributed by atoms with E-state index in [0.29, 0.717) is 17.1 Å². The predicted octanol–water partition coefficient (Wildman–Crippen LogP) is 5.75. The molecule has 0 aliphatic heterocycles. The summed E-state index contributed by atoms with van der Waals surface area (Å²) in [5, 5.41) is 3.55. The maximum absolute atomic E-state index is 13.9. The summed E-state index contributed by atoms with van der Waals surface area (Å²) in [6, 6.07) is 23.3. The van der Waals surface area contributed by atoms with Gasteiger partial charge in [-0.25, -0.2) is 8.42 Å². The van der Waals surface area contributed by atoms with E-state index in [1.54, 1.807) is 29.2 Å². The first-order valence-corrected chi connectivity index (χ1v) is 15.9. The van der Waals surface area contributed by atoms with E-state index in [1.807, 2.05) is 82.3 Å². The number of sulfonamides is 1. The Balaban J connectivity index is 1.91. The van der Waals surface area contributed by atoms with Crippen molar-refractivity contribution in [2.24, 2.45) is 0 Å². The largest absolute Gasteiger partial charge is 0.350 e. The molecule has 0 aliphatic carbocycles. The molecule has 3 aromatic carbocycles. The number of benzene rings is 3. The van der Waals surface area contributed by atoms with E-state index >= 15 is 0 Å². The van der Waals surface area contributed by atoms with Crippen molar-refractivity contribution in [3.05, 3.63) is 101 Å². The third-order valence-corrected chi connectivity index (χ3v) is 8.07. The standard InChI is InChI=1S/C32H40ClN3O4S/c1-24-13-11-17-27(21-24)36(41(5,39)40)20-12-19-30(37)35(23-26-16-9-10-18-28(26)33)29(31(38)34-32(2,3)4)22-25-14-7-6-8-15-25/h6-11,13-18,21,29H,12,19-20,22-23H2,1-5H3,(H,34,38)/t29-/m1/s1. The Morgan fingerprint density at radius 3 is 2.22 bits per heavy atom. The van der Waals surface area contributed by atoms with Crippen LogP contribution in [0.2, 0.25) is 5.02 Å². The fourth-order valence-corrected chi connectivity index (χ4v) is 5.76. The van der Waals surface area contributed by atoms with Gasteiger partial charge in [0.05, 0.1) is 11.9 Å². The first-order valence-electron chi connectivity index (χ1n) is 13.7. The number of carbonyl (C=O) groups excluding carboxylic acids is 2. The summed E-state index contributed by atoms with van der Waals surface area (Å²) in [7, 11) is -3.57. The van der Waals surface area contributed by atoms with Crippen molar-refractivity contribution >= 4 is 39.1 Å². The van der Waals surface area contributed by atoms with Gasteiger partial charge < -0.3 is 10.2 Å². The highest BCUT2D eigenvalue weighted by Gasteiger charge is 2.32. The molecule has 9 heteroatoms. The van der Waals surface area contributed by atoms with Crippen LogP contribution in [0.15, 0.2) is 78.9 Å². The number of rotatable bonds is 12. The number of amides is 2. The summed E-state index contributed by atoms with van der Waals surface area (Å²) < 4.78 is 26.6. The highest BCUT2D eigenvalue weighted by Crippen LogP contribution is 2.23. The monoisotopic (exact) mass is 597 g/mol. The second-order valence-electron chi connectivity index (χ2n) is 11.3. The molecule has 0 fully saturated rings. The molecule has 2 amide bonds. The molecule has 0 spiro atoms. The minimum atomic E-state index is -3.57. The molecule has 0 bridgehead atoms. The lowest BCUT2D eigenvalue weighted by Gasteiger charge is -2.34. The van der Waals surface area contributed by atoms with Gasteiger partial charge in [0.2, 0.25) is 21.8 Å². The summed E-state index contributed by atoms with van der Waals surface area (Å²) in [4.78, 5) is 29.2. The second-order valence-corrected chi connectivity index (χ2v) is 13.6.